The zero-order chi connectivity index (χ0) is 14.4. The number of aliphatic carboxylic acids is 1. The molecule has 0 aromatic rings. The van der Waals surface area contributed by atoms with Gasteiger partial charge in [-0.05, 0) is 25.8 Å². The molecular weight excluding hydrogens is 248 g/mol. The number of likely N-dealkylation sites (tertiary alicyclic amines) is 1. The standard InChI is InChI=1S/C13H22N2O4/c1-3-9(4-2)15-11(16)8-10(13(15)19)14-7-5-6-12(17)18/h9-10,14H,3-8H2,1-2H3,(H,17,18). The average molecular weight is 270 g/mol. The normalized spacial score (nSPS) is 19.5. The van der Waals surface area contributed by atoms with Gasteiger partial charge < -0.3 is 10.4 Å². The topological polar surface area (TPSA) is 86.7 Å². The molecule has 0 radical (unpaired) electrons. The van der Waals surface area contributed by atoms with E-state index in [2.05, 4.69) is 5.32 Å². The van der Waals surface area contributed by atoms with Gasteiger partial charge in [-0.1, -0.05) is 13.8 Å². The summed E-state index contributed by atoms with van der Waals surface area (Å²) >= 11 is 0. The summed E-state index contributed by atoms with van der Waals surface area (Å²) in [5.74, 6) is -1.15. The van der Waals surface area contributed by atoms with Crippen LogP contribution in [0.3, 0.4) is 0 Å². The Labute approximate surface area is 113 Å². The number of amides is 2. The van der Waals surface area contributed by atoms with E-state index in [4.69, 9.17) is 5.11 Å². The molecule has 1 heterocycles. The number of carbonyl (C=O) groups is 3. The van der Waals surface area contributed by atoms with E-state index in [1.807, 2.05) is 13.8 Å². The Morgan fingerprint density at radius 1 is 1.42 bits per heavy atom. The number of rotatable bonds is 8. The summed E-state index contributed by atoms with van der Waals surface area (Å²) in [6.07, 6.45) is 2.23. The molecule has 1 saturated heterocycles. The zero-order valence-electron chi connectivity index (χ0n) is 11.5. The molecule has 0 aromatic carbocycles. The lowest BCUT2D eigenvalue weighted by molar-refractivity contribution is -0.141. The van der Waals surface area contributed by atoms with Gasteiger partial charge in [0.15, 0.2) is 0 Å². The summed E-state index contributed by atoms with van der Waals surface area (Å²) in [7, 11) is 0. The molecule has 0 aromatic heterocycles. The Kier molecular flexibility index (Phi) is 5.95. The highest BCUT2D eigenvalue weighted by molar-refractivity contribution is 6.05. The van der Waals surface area contributed by atoms with Crippen molar-refractivity contribution in [2.75, 3.05) is 6.54 Å². The molecule has 6 heteroatoms. The highest BCUT2D eigenvalue weighted by atomic mass is 16.4. The first-order chi connectivity index (χ1) is 9.01. The van der Waals surface area contributed by atoms with Gasteiger partial charge in [-0.2, -0.15) is 0 Å². The van der Waals surface area contributed by atoms with Crippen LogP contribution in [0.1, 0.15) is 46.0 Å². The third-order valence-electron chi connectivity index (χ3n) is 3.45. The molecule has 19 heavy (non-hydrogen) atoms. The van der Waals surface area contributed by atoms with Gasteiger partial charge in [0.2, 0.25) is 11.8 Å². The van der Waals surface area contributed by atoms with Crippen molar-refractivity contribution in [2.45, 2.75) is 58.0 Å². The van der Waals surface area contributed by atoms with E-state index in [1.54, 1.807) is 0 Å². The highest BCUT2D eigenvalue weighted by Crippen LogP contribution is 2.20. The molecule has 0 saturated carbocycles. The van der Waals surface area contributed by atoms with Gasteiger partial charge in [0.05, 0.1) is 12.5 Å². The number of nitrogens with one attached hydrogen (secondary N) is 1. The van der Waals surface area contributed by atoms with Crippen molar-refractivity contribution >= 4 is 17.8 Å². The molecule has 108 valence electrons. The Balaban J connectivity index is 2.48. The van der Waals surface area contributed by atoms with Gasteiger partial charge in [0.25, 0.3) is 0 Å². The summed E-state index contributed by atoms with van der Waals surface area (Å²) in [5.41, 5.74) is 0. The van der Waals surface area contributed by atoms with Gasteiger partial charge in [-0.15, -0.1) is 0 Å². The maximum Gasteiger partial charge on any atom is 0.303 e. The van der Waals surface area contributed by atoms with Crippen molar-refractivity contribution in [1.82, 2.24) is 10.2 Å². The smallest absolute Gasteiger partial charge is 0.303 e. The van der Waals surface area contributed by atoms with Crippen molar-refractivity contribution in [2.24, 2.45) is 0 Å². The van der Waals surface area contributed by atoms with Crippen molar-refractivity contribution in [1.29, 1.82) is 0 Å². The largest absolute Gasteiger partial charge is 0.481 e. The summed E-state index contributed by atoms with van der Waals surface area (Å²) in [6, 6.07) is -0.507. The first-order valence-corrected chi connectivity index (χ1v) is 6.82. The van der Waals surface area contributed by atoms with Crippen LogP contribution in [0, 0.1) is 0 Å². The number of hydrogen-bond acceptors (Lipinski definition) is 4. The Morgan fingerprint density at radius 3 is 2.58 bits per heavy atom. The number of hydrogen-bond donors (Lipinski definition) is 2. The van der Waals surface area contributed by atoms with E-state index < -0.39 is 12.0 Å². The van der Waals surface area contributed by atoms with E-state index in [0.29, 0.717) is 13.0 Å². The SMILES string of the molecule is CCC(CC)N1C(=O)CC(NCCCC(=O)O)C1=O. The van der Waals surface area contributed by atoms with Gasteiger partial charge >= 0.3 is 5.97 Å². The van der Waals surface area contributed by atoms with Crippen LogP contribution in [0.4, 0.5) is 0 Å². The molecule has 1 atom stereocenters. The second kappa shape index (κ2) is 7.23. The fourth-order valence-corrected chi connectivity index (χ4v) is 2.36. The molecule has 0 spiro atoms. The molecular formula is C13H22N2O4. The van der Waals surface area contributed by atoms with Crippen LogP contribution in [0.25, 0.3) is 0 Å². The predicted octanol–water partition coefficient (Wildman–Crippen LogP) is 0.757. The van der Waals surface area contributed by atoms with E-state index in [0.717, 1.165) is 12.8 Å². The van der Waals surface area contributed by atoms with Crippen LogP contribution in [-0.2, 0) is 14.4 Å². The second-order valence-corrected chi connectivity index (χ2v) is 4.78. The van der Waals surface area contributed by atoms with E-state index in [9.17, 15) is 14.4 Å². The minimum atomic E-state index is -0.853. The summed E-state index contributed by atoms with van der Waals surface area (Å²) in [4.78, 5) is 35.7. The van der Waals surface area contributed by atoms with Crippen LogP contribution < -0.4 is 5.32 Å². The average Bonchev–Trinajstić information content (AvgIpc) is 2.64. The number of carbonyl (C=O) groups excluding carboxylic acids is 2. The fraction of sp³-hybridized carbons (Fsp3) is 0.769. The van der Waals surface area contributed by atoms with Gasteiger partial charge in [0.1, 0.15) is 0 Å². The number of carboxylic acids is 1. The van der Waals surface area contributed by atoms with Gasteiger partial charge in [-0.3, -0.25) is 19.3 Å². The zero-order valence-corrected chi connectivity index (χ0v) is 11.5. The van der Waals surface area contributed by atoms with Gasteiger partial charge in [-0.25, -0.2) is 0 Å². The molecule has 0 aliphatic carbocycles. The molecule has 1 fully saturated rings. The van der Waals surface area contributed by atoms with Crippen molar-refractivity contribution in [3.05, 3.63) is 0 Å². The maximum absolute atomic E-state index is 12.1. The van der Waals surface area contributed by atoms with Crippen LogP contribution in [-0.4, -0.2) is 46.4 Å². The predicted molar refractivity (Wildman–Crippen MR) is 69.5 cm³/mol. The molecule has 1 aliphatic rings. The monoisotopic (exact) mass is 270 g/mol. The van der Waals surface area contributed by atoms with Crippen molar-refractivity contribution in [3.63, 3.8) is 0 Å². The Bertz CT molecular complexity index is 353. The molecule has 1 aliphatic heterocycles. The fourth-order valence-electron chi connectivity index (χ4n) is 2.36. The van der Waals surface area contributed by atoms with Crippen molar-refractivity contribution in [3.8, 4) is 0 Å². The van der Waals surface area contributed by atoms with Crippen LogP contribution in [0.5, 0.6) is 0 Å². The third kappa shape index (κ3) is 4.02. The second-order valence-electron chi connectivity index (χ2n) is 4.78. The van der Waals surface area contributed by atoms with Crippen molar-refractivity contribution < 1.29 is 19.5 Å². The van der Waals surface area contributed by atoms with E-state index in [1.165, 1.54) is 4.90 Å². The molecule has 2 amide bonds. The van der Waals surface area contributed by atoms with Crippen LogP contribution in [0.2, 0.25) is 0 Å². The first-order valence-electron chi connectivity index (χ1n) is 6.82. The minimum Gasteiger partial charge on any atom is -0.481 e. The summed E-state index contributed by atoms with van der Waals surface area (Å²) < 4.78 is 0. The molecule has 2 N–H and O–H groups in total. The lowest BCUT2D eigenvalue weighted by Crippen LogP contribution is -2.43. The molecule has 0 bridgehead atoms. The highest BCUT2D eigenvalue weighted by Gasteiger charge is 2.40. The van der Waals surface area contributed by atoms with Crippen LogP contribution >= 0.6 is 0 Å². The minimum absolute atomic E-state index is 0.0224. The summed E-state index contributed by atoms with van der Waals surface area (Å²) in [6.45, 7) is 4.36. The maximum atomic E-state index is 12.1. The number of carboxylic acid groups (broad SMARTS) is 1. The molecule has 1 unspecified atom stereocenters. The first kappa shape index (κ1) is 15.6. The van der Waals surface area contributed by atoms with Crippen LogP contribution in [0.15, 0.2) is 0 Å². The summed E-state index contributed by atoms with van der Waals surface area (Å²) in [5, 5.41) is 11.5. The molecule has 6 nitrogen and oxygen atoms in total. The lowest BCUT2D eigenvalue weighted by Gasteiger charge is -2.24. The number of nitrogens with zero attached hydrogens (tertiary/aromatic N) is 1. The number of imide groups is 1. The molecule has 1 rings (SSSR count). The Morgan fingerprint density at radius 2 is 2.05 bits per heavy atom. The van der Waals surface area contributed by atoms with E-state index >= 15 is 0 Å². The quantitative estimate of drug-likeness (QED) is 0.502. The Hall–Kier alpha value is -1.43. The third-order valence-corrected chi connectivity index (χ3v) is 3.45. The lowest BCUT2D eigenvalue weighted by atomic mass is 10.1. The van der Waals surface area contributed by atoms with Gasteiger partial charge in [0, 0.05) is 12.5 Å². The van der Waals surface area contributed by atoms with E-state index in [-0.39, 0.29) is 30.7 Å².